The summed E-state index contributed by atoms with van der Waals surface area (Å²) in [6.07, 6.45) is -0.160. The Hall–Kier alpha value is 0.530. The normalized spacial score (nSPS) is 15.8. The molecule has 0 bridgehead atoms. The van der Waals surface area contributed by atoms with E-state index in [-0.39, 0.29) is 10.9 Å². The van der Waals surface area contributed by atoms with Crippen molar-refractivity contribution in [1.29, 1.82) is 0 Å². The van der Waals surface area contributed by atoms with Crippen LogP contribution in [0.5, 0.6) is 0 Å². The second kappa shape index (κ2) is 6.12. The Kier molecular flexibility index (Phi) is 5.61. The van der Waals surface area contributed by atoms with Crippen molar-refractivity contribution in [2.45, 2.75) is 37.3 Å². The Bertz CT molecular complexity index is 484. The van der Waals surface area contributed by atoms with Gasteiger partial charge >= 0.3 is 0 Å². The van der Waals surface area contributed by atoms with Gasteiger partial charge in [0.1, 0.15) is 4.90 Å². The number of aliphatic hydroxyl groups is 1. The summed E-state index contributed by atoms with van der Waals surface area (Å²) in [5.74, 6) is 0. The van der Waals surface area contributed by atoms with Crippen LogP contribution in [0.25, 0.3) is 0 Å². The maximum atomic E-state index is 12.0. The lowest BCUT2D eigenvalue weighted by atomic mass is 10.2. The van der Waals surface area contributed by atoms with E-state index in [0.29, 0.717) is 10.2 Å². The Morgan fingerprint density at radius 2 is 2.06 bits per heavy atom. The van der Waals surface area contributed by atoms with Gasteiger partial charge in [-0.2, -0.15) is 0 Å². The molecule has 1 heterocycles. The molecule has 0 saturated heterocycles. The summed E-state index contributed by atoms with van der Waals surface area (Å²) < 4.78 is 27.9. The van der Waals surface area contributed by atoms with Crippen molar-refractivity contribution < 1.29 is 13.5 Å². The molecule has 4 nitrogen and oxygen atoms in total. The highest BCUT2D eigenvalue weighted by Crippen LogP contribution is 2.34. The molecular formula is C9H13Br2NO3S2. The lowest BCUT2D eigenvalue weighted by Gasteiger charge is -2.15. The average molecular weight is 407 g/mol. The Morgan fingerprint density at radius 3 is 2.47 bits per heavy atom. The first-order valence-corrected chi connectivity index (χ1v) is 8.76. The lowest BCUT2D eigenvalue weighted by molar-refractivity contribution is 0.175. The Morgan fingerprint density at radius 1 is 1.47 bits per heavy atom. The van der Waals surface area contributed by atoms with E-state index in [0.717, 1.165) is 3.79 Å². The van der Waals surface area contributed by atoms with Crippen LogP contribution in [0.1, 0.15) is 20.3 Å². The van der Waals surface area contributed by atoms with E-state index in [2.05, 4.69) is 36.6 Å². The van der Waals surface area contributed by atoms with E-state index < -0.39 is 16.1 Å². The van der Waals surface area contributed by atoms with Crippen molar-refractivity contribution in [3.8, 4) is 0 Å². The van der Waals surface area contributed by atoms with Crippen LogP contribution >= 0.6 is 43.2 Å². The highest BCUT2D eigenvalue weighted by atomic mass is 79.9. The van der Waals surface area contributed by atoms with Crippen LogP contribution in [-0.2, 0) is 10.0 Å². The predicted molar refractivity (Wildman–Crippen MR) is 75.8 cm³/mol. The number of sulfonamides is 1. The molecule has 0 aliphatic rings. The van der Waals surface area contributed by atoms with E-state index in [1.165, 1.54) is 11.3 Å². The largest absolute Gasteiger partial charge is 0.393 e. The molecule has 2 atom stereocenters. The number of nitrogens with one attached hydrogen (secondary N) is 1. The highest BCUT2D eigenvalue weighted by Gasteiger charge is 2.22. The van der Waals surface area contributed by atoms with E-state index in [9.17, 15) is 13.5 Å². The van der Waals surface area contributed by atoms with Crippen molar-refractivity contribution in [2.24, 2.45) is 0 Å². The molecule has 0 fully saturated rings. The zero-order chi connectivity index (χ0) is 13.2. The minimum atomic E-state index is -3.54. The monoisotopic (exact) mass is 405 g/mol. The molecule has 8 heteroatoms. The number of hydrogen-bond acceptors (Lipinski definition) is 4. The SMILES string of the molecule is CC(O)CC(C)NS(=O)(=O)c1cc(Br)sc1Br. The molecule has 2 N–H and O–H groups in total. The molecule has 0 amide bonds. The molecular weight excluding hydrogens is 394 g/mol. The van der Waals surface area contributed by atoms with E-state index in [1.54, 1.807) is 19.9 Å². The maximum Gasteiger partial charge on any atom is 0.242 e. The average Bonchev–Trinajstić information content (AvgIpc) is 2.42. The molecule has 0 saturated carbocycles. The summed E-state index contributed by atoms with van der Waals surface area (Å²) in [4.78, 5) is 0.215. The Labute approximate surface area is 122 Å². The second-order valence-corrected chi connectivity index (χ2v) is 9.23. The third kappa shape index (κ3) is 4.60. The second-order valence-electron chi connectivity index (χ2n) is 3.80. The predicted octanol–water partition coefficient (Wildman–Crippen LogP) is 2.71. The van der Waals surface area contributed by atoms with E-state index >= 15 is 0 Å². The minimum Gasteiger partial charge on any atom is -0.393 e. The number of rotatable bonds is 5. The van der Waals surface area contributed by atoms with Gasteiger partial charge in [0.2, 0.25) is 10.0 Å². The van der Waals surface area contributed by atoms with Crippen LogP contribution in [0.15, 0.2) is 18.5 Å². The number of hydrogen-bond donors (Lipinski definition) is 2. The van der Waals surface area contributed by atoms with E-state index in [4.69, 9.17) is 0 Å². The van der Waals surface area contributed by atoms with Gasteiger partial charge in [0.25, 0.3) is 0 Å². The molecule has 0 aromatic carbocycles. The van der Waals surface area contributed by atoms with Gasteiger partial charge in [0.15, 0.2) is 0 Å². The number of aliphatic hydroxyl groups excluding tert-OH is 1. The fourth-order valence-electron chi connectivity index (χ4n) is 1.40. The first-order valence-electron chi connectivity index (χ1n) is 4.87. The summed E-state index contributed by atoms with van der Waals surface area (Å²) in [6.45, 7) is 3.35. The van der Waals surface area contributed by atoms with Gasteiger partial charge in [-0.15, -0.1) is 11.3 Å². The quantitative estimate of drug-likeness (QED) is 0.789. The third-order valence-corrected chi connectivity index (χ3v) is 6.31. The summed E-state index contributed by atoms with van der Waals surface area (Å²) in [6, 6.07) is 1.23. The first kappa shape index (κ1) is 15.6. The summed E-state index contributed by atoms with van der Waals surface area (Å²) in [5, 5.41) is 9.20. The van der Waals surface area contributed by atoms with Crippen molar-refractivity contribution >= 4 is 53.2 Å². The van der Waals surface area contributed by atoms with Crippen molar-refractivity contribution in [3.05, 3.63) is 13.6 Å². The lowest BCUT2D eigenvalue weighted by Crippen LogP contribution is -2.34. The third-order valence-electron chi connectivity index (χ3n) is 1.97. The fraction of sp³-hybridized carbons (Fsp3) is 0.556. The standard InChI is InChI=1S/C9H13Br2NO3S2/c1-5(3-6(2)13)12-17(14,15)7-4-8(10)16-9(7)11/h4-6,12-13H,3H2,1-2H3. The van der Waals surface area contributed by atoms with Gasteiger partial charge in [-0.05, 0) is 58.2 Å². The smallest absolute Gasteiger partial charge is 0.242 e. The molecule has 1 rings (SSSR count). The number of thiophene rings is 1. The van der Waals surface area contributed by atoms with Crippen molar-refractivity contribution in [1.82, 2.24) is 4.72 Å². The zero-order valence-electron chi connectivity index (χ0n) is 9.28. The summed E-state index contributed by atoms with van der Waals surface area (Å²) in [5.41, 5.74) is 0. The molecule has 0 aliphatic carbocycles. The number of halogens is 2. The first-order chi connectivity index (χ1) is 7.72. The van der Waals surface area contributed by atoms with Gasteiger partial charge in [-0.1, -0.05) is 0 Å². The van der Waals surface area contributed by atoms with Crippen LogP contribution in [0.4, 0.5) is 0 Å². The van der Waals surface area contributed by atoms with Gasteiger partial charge in [-0.25, -0.2) is 13.1 Å². The molecule has 0 aliphatic heterocycles. The minimum absolute atomic E-state index is 0.215. The van der Waals surface area contributed by atoms with Gasteiger partial charge < -0.3 is 5.11 Å². The summed E-state index contributed by atoms with van der Waals surface area (Å²) >= 11 is 7.75. The van der Waals surface area contributed by atoms with Crippen molar-refractivity contribution in [3.63, 3.8) is 0 Å². The molecule has 0 spiro atoms. The topological polar surface area (TPSA) is 66.4 Å². The van der Waals surface area contributed by atoms with Crippen LogP contribution < -0.4 is 4.72 Å². The van der Waals surface area contributed by atoms with Crippen molar-refractivity contribution in [2.75, 3.05) is 0 Å². The highest BCUT2D eigenvalue weighted by molar-refractivity contribution is 9.12. The summed E-state index contributed by atoms with van der Waals surface area (Å²) in [7, 11) is -3.54. The van der Waals surface area contributed by atoms with Crippen LogP contribution in [0.3, 0.4) is 0 Å². The fourth-order valence-corrected chi connectivity index (χ4v) is 6.46. The van der Waals surface area contributed by atoms with Crippen LogP contribution in [0.2, 0.25) is 0 Å². The van der Waals surface area contributed by atoms with Gasteiger partial charge in [0.05, 0.1) is 13.7 Å². The van der Waals surface area contributed by atoms with Crippen LogP contribution in [0, 0.1) is 0 Å². The molecule has 98 valence electrons. The van der Waals surface area contributed by atoms with Crippen LogP contribution in [-0.4, -0.2) is 25.7 Å². The molecule has 17 heavy (non-hydrogen) atoms. The molecule has 2 unspecified atom stereocenters. The van der Waals surface area contributed by atoms with Gasteiger partial charge in [-0.3, -0.25) is 0 Å². The van der Waals surface area contributed by atoms with Gasteiger partial charge in [0, 0.05) is 6.04 Å². The van der Waals surface area contributed by atoms with E-state index in [1.807, 2.05) is 0 Å². The molecule has 0 radical (unpaired) electrons. The molecule has 1 aromatic heterocycles. The zero-order valence-corrected chi connectivity index (χ0v) is 14.1. The Balaban J connectivity index is 2.86. The molecule has 1 aromatic rings. The maximum absolute atomic E-state index is 12.0.